The zero-order valence-electron chi connectivity index (χ0n) is 21.0. The fourth-order valence-electron chi connectivity index (χ4n) is 4.76. The number of aliphatic hydroxyl groups is 1. The lowest BCUT2D eigenvalue weighted by molar-refractivity contribution is -0.140. The molecule has 1 unspecified atom stereocenters. The third-order valence-electron chi connectivity index (χ3n) is 6.80. The second-order valence-corrected chi connectivity index (χ2v) is 9.50. The van der Waals surface area contributed by atoms with Crippen LogP contribution in [0.15, 0.2) is 90.9 Å². The van der Waals surface area contributed by atoms with E-state index in [9.17, 15) is 14.7 Å². The van der Waals surface area contributed by atoms with Gasteiger partial charge in [0.05, 0.1) is 34.8 Å². The summed E-state index contributed by atoms with van der Waals surface area (Å²) in [6.07, 6.45) is 4.87. The summed E-state index contributed by atoms with van der Waals surface area (Å²) < 4.78 is 1.70. The van der Waals surface area contributed by atoms with Crippen molar-refractivity contribution in [1.29, 1.82) is 0 Å². The number of rotatable bonds is 6. The Morgan fingerprint density at radius 2 is 1.70 bits per heavy atom. The monoisotopic (exact) mass is 492 g/mol. The van der Waals surface area contributed by atoms with Gasteiger partial charge < -0.3 is 10.0 Å². The zero-order valence-corrected chi connectivity index (χ0v) is 21.0. The lowest BCUT2D eigenvalue weighted by Crippen LogP contribution is -2.29. The average molecular weight is 493 g/mol. The van der Waals surface area contributed by atoms with E-state index in [2.05, 4.69) is 23.9 Å². The highest BCUT2D eigenvalue weighted by Gasteiger charge is 2.46. The van der Waals surface area contributed by atoms with Crippen molar-refractivity contribution < 1.29 is 14.7 Å². The number of carbonyl (C=O) groups excluding carboxylic acids is 2. The molecule has 0 bridgehead atoms. The van der Waals surface area contributed by atoms with Gasteiger partial charge in [0.1, 0.15) is 5.76 Å². The van der Waals surface area contributed by atoms with E-state index in [4.69, 9.17) is 0 Å². The van der Waals surface area contributed by atoms with Gasteiger partial charge in [0.25, 0.3) is 11.7 Å². The molecule has 7 nitrogen and oxygen atoms in total. The summed E-state index contributed by atoms with van der Waals surface area (Å²) in [5.41, 5.74) is 4.65. The van der Waals surface area contributed by atoms with Crippen LogP contribution in [0, 0.1) is 6.92 Å². The van der Waals surface area contributed by atoms with Gasteiger partial charge in [0.15, 0.2) is 0 Å². The van der Waals surface area contributed by atoms with Crippen LogP contribution >= 0.6 is 0 Å². The van der Waals surface area contributed by atoms with Crippen molar-refractivity contribution in [3.05, 3.63) is 119 Å². The molecule has 0 aliphatic carbocycles. The molecule has 0 radical (unpaired) electrons. The number of benzene rings is 2. The van der Waals surface area contributed by atoms with E-state index in [0.29, 0.717) is 17.2 Å². The number of Topliss-reactive ketones (excluding diaryl/α,β-unsaturated/α-hetero) is 1. The Morgan fingerprint density at radius 1 is 0.973 bits per heavy atom. The zero-order chi connectivity index (χ0) is 26.1. The fourth-order valence-corrected chi connectivity index (χ4v) is 4.76. The molecular weight excluding hydrogens is 464 g/mol. The van der Waals surface area contributed by atoms with Gasteiger partial charge in [-0.15, -0.1) is 0 Å². The molecule has 0 spiro atoms. The first kappa shape index (κ1) is 24.2. The minimum Gasteiger partial charge on any atom is -0.507 e. The molecule has 5 rings (SSSR count). The van der Waals surface area contributed by atoms with Crippen LogP contribution in [0.3, 0.4) is 0 Å². The quantitative estimate of drug-likeness (QED) is 0.224. The highest BCUT2D eigenvalue weighted by atomic mass is 16.3. The lowest BCUT2D eigenvalue weighted by atomic mass is 9.93. The molecule has 2 aromatic heterocycles. The Morgan fingerprint density at radius 3 is 2.35 bits per heavy atom. The van der Waals surface area contributed by atoms with Crippen molar-refractivity contribution >= 4 is 17.4 Å². The Hall–Kier alpha value is -4.52. The van der Waals surface area contributed by atoms with Gasteiger partial charge in [-0.25, -0.2) is 4.68 Å². The van der Waals surface area contributed by atoms with E-state index < -0.39 is 17.7 Å². The van der Waals surface area contributed by atoms with Crippen molar-refractivity contribution in [1.82, 2.24) is 19.7 Å². The molecule has 1 saturated heterocycles. The van der Waals surface area contributed by atoms with Gasteiger partial charge >= 0.3 is 0 Å². The summed E-state index contributed by atoms with van der Waals surface area (Å²) in [5.74, 6) is -1.27. The topological polar surface area (TPSA) is 88.3 Å². The van der Waals surface area contributed by atoms with Crippen molar-refractivity contribution in [2.45, 2.75) is 39.3 Å². The number of ketones is 1. The standard InChI is InChI=1S/C30H28N4O3/c1-19(2)22-11-13-23(14-12-22)27-26(29(36)30(37)33(27)18-21-8-7-15-31-16-21)28(35)25-17-32-34(20(25)3)24-9-5-4-6-10-24/h4-17,19,27,35H,18H2,1-3H3. The number of aliphatic hydroxyl groups excluding tert-OH is 1. The maximum Gasteiger partial charge on any atom is 0.295 e. The SMILES string of the molecule is Cc1c(C(O)=C2C(=O)C(=O)N(Cc3cccnc3)C2c2ccc(C(C)C)cc2)cnn1-c1ccccc1. The van der Waals surface area contributed by atoms with E-state index in [1.165, 1.54) is 11.1 Å². The van der Waals surface area contributed by atoms with E-state index in [-0.39, 0.29) is 17.9 Å². The first-order valence-electron chi connectivity index (χ1n) is 12.2. The molecule has 1 N–H and O–H groups in total. The molecule has 1 atom stereocenters. The number of likely N-dealkylation sites (tertiary alicyclic amines) is 1. The minimum absolute atomic E-state index is 0.0573. The number of pyridine rings is 1. The molecule has 1 amide bonds. The van der Waals surface area contributed by atoms with Crippen LogP contribution in [0.25, 0.3) is 11.4 Å². The number of aromatic nitrogens is 3. The summed E-state index contributed by atoms with van der Waals surface area (Å²) in [7, 11) is 0. The largest absolute Gasteiger partial charge is 0.507 e. The highest BCUT2D eigenvalue weighted by Crippen LogP contribution is 2.41. The second kappa shape index (κ2) is 9.85. The molecule has 186 valence electrons. The Balaban J connectivity index is 1.64. The van der Waals surface area contributed by atoms with Crippen molar-refractivity contribution in [2.24, 2.45) is 0 Å². The molecular formula is C30H28N4O3. The van der Waals surface area contributed by atoms with E-state index in [0.717, 1.165) is 22.4 Å². The van der Waals surface area contributed by atoms with E-state index in [1.807, 2.05) is 67.6 Å². The molecule has 7 heteroatoms. The normalized spacial score (nSPS) is 17.1. The molecule has 4 aromatic rings. The number of hydrogen-bond donors (Lipinski definition) is 1. The average Bonchev–Trinajstić information content (AvgIpc) is 3.42. The number of para-hydroxylation sites is 1. The predicted molar refractivity (Wildman–Crippen MR) is 141 cm³/mol. The highest BCUT2D eigenvalue weighted by molar-refractivity contribution is 6.46. The van der Waals surface area contributed by atoms with Gasteiger partial charge in [-0.2, -0.15) is 5.10 Å². The Kier molecular flexibility index (Phi) is 6.44. The van der Waals surface area contributed by atoms with Crippen LogP contribution in [0.1, 0.15) is 53.8 Å². The van der Waals surface area contributed by atoms with Gasteiger partial charge in [0.2, 0.25) is 0 Å². The van der Waals surface area contributed by atoms with E-state index in [1.54, 1.807) is 23.1 Å². The van der Waals surface area contributed by atoms with Crippen LogP contribution in [0.2, 0.25) is 0 Å². The van der Waals surface area contributed by atoms with Crippen LogP contribution in [0.4, 0.5) is 0 Å². The van der Waals surface area contributed by atoms with E-state index >= 15 is 0 Å². The molecule has 2 aromatic carbocycles. The van der Waals surface area contributed by atoms with Gasteiger partial charge in [-0.3, -0.25) is 14.6 Å². The van der Waals surface area contributed by atoms with Crippen LogP contribution in [-0.2, 0) is 16.1 Å². The molecule has 1 aliphatic heterocycles. The first-order valence-corrected chi connectivity index (χ1v) is 12.2. The summed E-state index contributed by atoms with van der Waals surface area (Å²) in [6, 6.07) is 20.3. The third kappa shape index (κ3) is 4.44. The fraction of sp³-hybridized carbons (Fsp3) is 0.200. The lowest BCUT2D eigenvalue weighted by Gasteiger charge is -2.25. The van der Waals surface area contributed by atoms with Gasteiger partial charge in [-0.05, 0) is 47.7 Å². The summed E-state index contributed by atoms with van der Waals surface area (Å²) >= 11 is 0. The van der Waals surface area contributed by atoms with Gasteiger partial charge in [-0.1, -0.05) is 62.4 Å². The molecule has 37 heavy (non-hydrogen) atoms. The number of hydrogen-bond acceptors (Lipinski definition) is 5. The maximum atomic E-state index is 13.4. The summed E-state index contributed by atoms with van der Waals surface area (Å²) in [4.78, 5) is 32.4. The van der Waals surface area contributed by atoms with Crippen molar-refractivity contribution in [3.8, 4) is 5.69 Å². The third-order valence-corrected chi connectivity index (χ3v) is 6.80. The van der Waals surface area contributed by atoms with Crippen molar-refractivity contribution in [2.75, 3.05) is 0 Å². The summed E-state index contributed by atoms with van der Waals surface area (Å²) in [5, 5.41) is 16.0. The second-order valence-electron chi connectivity index (χ2n) is 9.50. The summed E-state index contributed by atoms with van der Waals surface area (Å²) in [6.45, 7) is 6.23. The Bertz CT molecular complexity index is 1470. The van der Waals surface area contributed by atoms with Crippen LogP contribution < -0.4 is 0 Å². The predicted octanol–water partition coefficient (Wildman–Crippen LogP) is 5.32. The number of nitrogens with zero attached hydrogens (tertiary/aromatic N) is 4. The maximum absolute atomic E-state index is 13.4. The first-order chi connectivity index (χ1) is 17.9. The molecule has 3 heterocycles. The molecule has 1 aliphatic rings. The van der Waals surface area contributed by atoms with Crippen LogP contribution in [0.5, 0.6) is 0 Å². The molecule has 0 saturated carbocycles. The number of carbonyl (C=O) groups is 2. The minimum atomic E-state index is -0.749. The van der Waals surface area contributed by atoms with Crippen LogP contribution in [-0.4, -0.2) is 36.5 Å². The molecule has 1 fully saturated rings. The Labute approximate surface area is 215 Å². The smallest absolute Gasteiger partial charge is 0.295 e. The van der Waals surface area contributed by atoms with Crippen molar-refractivity contribution in [3.63, 3.8) is 0 Å². The van der Waals surface area contributed by atoms with Gasteiger partial charge in [0, 0.05) is 18.9 Å². The number of amides is 1.